The van der Waals surface area contributed by atoms with Gasteiger partial charge in [0.15, 0.2) is 0 Å². The summed E-state index contributed by atoms with van der Waals surface area (Å²) in [6.45, 7) is 1.25. The first-order chi connectivity index (χ1) is 13.5. The number of rotatable bonds is 5. The molecule has 0 spiro atoms. The number of nitrogens with zero attached hydrogens (tertiary/aromatic N) is 1. The Hall–Kier alpha value is -2.30. The smallest absolute Gasteiger partial charge is 0.309 e. The van der Waals surface area contributed by atoms with E-state index in [1.165, 1.54) is 0 Å². The molecule has 1 aliphatic rings. The lowest BCUT2D eigenvalue weighted by atomic mass is 9.97. The van der Waals surface area contributed by atoms with E-state index in [0.29, 0.717) is 36.0 Å². The average molecular weight is 418 g/mol. The molecule has 146 valence electrons. The molecule has 0 bridgehead atoms. The third kappa shape index (κ3) is 5.60. The van der Waals surface area contributed by atoms with Crippen LogP contribution in [0.4, 0.5) is 0 Å². The second kappa shape index (κ2) is 9.76. The minimum Gasteiger partial charge on any atom is -0.461 e. The number of likely N-dealkylation sites (tertiary alicyclic amines) is 1. The summed E-state index contributed by atoms with van der Waals surface area (Å²) < 4.78 is 5.41. The van der Waals surface area contributed by atoms with E-state index in [0.717, 1.165) is 11.1 Å². The summed E-state index contributed by atoms with van der Waals surface area (Å²) in [4.78, 5) is 26.4. The molecule has 28 heavy (non-hydrogen) atoms. The second-order valence-corrected chi connectivity index (χ2v) is 7.51. The second-order valence-electron chi connectivity index (χ2n) is 6.70. The van der Waals surface area contributed by atoms with Gasteiger partial charge in [-0.3, -0.25) is 9.59 Å². The molecule has 4 nitrogen and oxygen atoms in total. The maximum absolute atomic E-state index is 12.3. The zero-order valence-corrected chi connectivity index (χ0v) is 16.8. The number of hydrogen-bond acceptors (Lipinski definition) is 3. The molecule has 1 saturated heterocycles. The van der Waals surface area contributed by atoms with E-state index in [-0.39, 0.29) is 24.4 Å². The maximum atomic E-state index is 12.3. The molecular weight excluding hydrogens is 397 g/mol. The quantitative estimate of drug-likeness (QED) is 0.508. The van der Waals surface area contributed by atoms with Crippen LogP contribution in [0.5, 0.6) is 0 Å². The third-order valence-corrected chi connectivity index (χ3v) is 5.46. The molecule has 1 heterocycles. The summed E-state index contributed by atoms with van der Waals surface area (Å²) >= 11 is 11.9. The van der Waals surface area contributed by atoms with Gasteiger partial charge < -0.3 is 9.64 Å². The molecule has 1 amide bonds. The number of ether oxygens (including phenoxy) is 1. The van der Waals surface area contributed by atoms with E-state index >= 15 is 0 Å². The van der Waals surface area contributed by atoms with Crippen molar-refractivity contribution in [3.05, 3.63) is 75.8 Å². The minimum absolute atomic E-state index is 0.0357. The van der Waals surface area contributed by atoms with Crippen molar-refractivity contribution in [3.63, 3.8) is 0 Å². The van der Waals surface area contributed by atoms with E-state index in [9.17, 15) is 9.59 Å². The van der Waals surface area contributed by atoms with Gasteiger partial charge >= 0.3 is 5.97 Å². The Balaban J connectivity index is 1.45. The van der Waals surface area contributed by atoms with Crippen LogP contribution < -0.4 is 0 Å². The lowest BCUT2D eigenvalue weighted by Gasteiger charge is -2.30. The predicted molar refractivity (Wildman–Crippen MR) is 111 cm³/mol. The monoisotopic (exact) mass is 417 g/mol. The fraction of sp³-hybridized carbons (Fsp3) is 0.273. The highest BCUT2D eigenvalue weighted by Crippen LogP contribution is 2.24. The van der Waals surface area contributed by atoms with Crippen molar-refractivity contribution in [1.29, 1.82) is 0 Å². The van der Waals surface area contributed by atoms with Gasteiger partial charge in [-0.1, -0.05) is 59.6 Å². The van der Waals surface area contributed by atoms with E-state index < -0.39 is 0 Å². The molecule has 2 aromatic carbocycles. The maximum Gasteiger partial charge on any atom is 0.309 e. The van der Waals surface area contributed by atoms with Gasteiger partial charge in [0.25, 0.3) is 0 Å². The van der Waals surface area contributed by atoms with Gasteiger partial charge in [-0.2, -0.15) is 0 Å². The summed E-state index contributed by atoms with van der Waals surface area (Å²) in [6.07, 6.45) is 4.59. The van der Waals surface area contributed by atoms with Crippen LogP contribution in [0.1, 0.15) is 24.0 Å². The van der Waals surface area contributed by atoms with Gasteiger partial charge in [0.1, 0.15) is 6.61 Å². The number of esters is 1. The molecule has 0 unspecified atom stereocenters. The van der Waals surface area contributed by atoms with Crippen molar-refractivity contribution in [2.45, 2.75) is 19.4 Å². The Labute approximate surface area is 174 Å². The first-order valence-electron chi connectivity index (χ1n) is 9.15. The van der Waals surface area contributed by atoms with Gasteiger partial charge in [0, 0.05) is 19.2 Å². The molecular formula is C22H21Cl2NO3. The average Bonchev–Trinajstić information content (AvgIpc) is 2.73. The Bertz CT molecular complexity index is 859. The molecule has 0 aromatic heterocycles. The molecule has 2 aromatic rings. The van der Waals surface area contributed by atoms with Crippen LogP contribution in [-0.4, -0.2) is 29.9 Å². The van der Waals surface area contributed by atoms with E-state index in [1.54, 1.807) is 35.3 Å². The van der Waals surface area contributed by atoms with Crippen molar-refractivity contribution in [3.8, 4) is 0 Å². The largest absolute Gasteiger partial charge is 0.461 e. The van der Waals surface area contributed by atoms with Crippen molar-refractivity contribution in [2.24, 2.45) is 5.92 Å². The van der Waals surface area contributed by atoms with Crippen molar-refractivity contribution < 1.29 is 14.3 Å². The number of carbonyl (C=O) groups excluding carboxylic acids is 2. The molecule has 1 aliphatic heterocycles. The molecule has 0 N–H and O–H groups in total. The SMILES string of the molecule is O=C(OCc1ccc(Cl)c(Cl)c1)C1CCN(C(=O)/C=C/c2ccccc2)CC1. The standard InChI is InChI=1S/C22H21Cl2NO3/c23-19-8-6-17(14-20(19)24)15-28-22(27)18-10-12-25(13-11-18)21(26)9-7-16-4-2-1-3-5-16/h1-9,14,18H,10-13,15H2/b9-7+. The Morgan fingerprint density at radius 3 is 2.43 bits per heavy atom. The van der Waals surface area contributed by atoms with Gasteiger partial charge in [-0.15, -0.1) is 0 Å². The van der Waals surface area contributed by atoms with E-state index in [4.69, 9.17) is 27.9 Å². The number of amides is 1. The fourth-order valence-electron chi connectivity index (χ4n) is 3.07. The van der Waals surface area contributed by atoms with E-state index in [2.05, 4.69) is 0 Å². The van der Waals surface area contributed by atoms with Crippen molar-refractivity contribution in [1.82, 2.24) is 4.90 Å². The summed E-state index contributed by atoms with van der Waals surface area (Å²) in [6, 6.07) is 14.8. The van der Waals surface area contributed by atoms with E-state index in [1.807, 2.05) is 30.3 Å². The number of hydrogen-bond donors (Lipinski definition) is 0. The highest BCUT2D eigenvalue weighted by Gasteiger charge is 2.27. The molecule has 0 atom stereocenters. The molecule has 6 heteroatoms. The first-order valence-corrected chi connectivity index (χ1v) is 9.91. The highest BCUT2D eigenvalue weighted by atomic mass is 35.5. The first kappa shape index (κ1) is 20.4. The van der Waals surface area contributed by atoms with Crippen LogP contribution in [-0.2, 0) is 20.9 Å². The van der Waals surface area contributed by atoms with Crippen LogP contribution in [0.2, 0.25) is 10.0 Å². The summed E-state index contributed by atoms with van der Waals surface area (Å²) in [5.74, 6) is -0.464. The molecule has 1 fully saturated rings. The van der Waals surface area contributed by atoms with Gasteiger partial charge in [0.05, 0.1) is 16.0 Å². The van der Waals surface area contributed by atoms with Gasteiger partial charge in [-0.05, 0) is 42.2 Å². The normalized spacial score (nSPS) is 15.0. The summed E-state index contributed by atoms with van der Waals surface area (Å²) in [5.41, 5.74) is 1.78. The Morgan fingerprint density at radius 1 is 1.04 bits per heavy atom. The number of piperidine rings is 1. The van der Waals surface area contributed by atoms with Crippen molar-refractivity contribution >= 4 is 41.2 Å². The molecule has 0 aliphatic carbocycles. The minimum atomic E-state index is -0.238. The van der Waals surface area contributed by atoms with Gasteiger partial charge in [0.2, 0.25) is 5.91 Å². The lowest BCUT2D eigenvalue weighted by Crippen LogP contribution is -2.39. The Kier molecular flexibility index (Phi) is 7.12. The summed E-state index contributed by atoms with van der Waals surface area (Å²) in [5, 5.41) is 0.903. The Morgan fingerprint density at radius 2 is 1.75 bits per heavy atom. The molecule has 0 saturated carbocycles. The van der Waals surface area contributed by atoms with Gasteiger partial charge in [-0.25, -0.2) is 0 Å². The lowest BCUT2D eigenvalue weighted by molar-refractivity contribution is -0.152. The third-order valence-electron chi connectivity index (χ3n) is 4.72. The van der Waals surface area contributed by atoms with Crippen LogP contribution in [0.15, 0.2) is 54.6 Å². The number of benzene rings is 2. The fourth-order valence-corrected chi connectivity index (χ4v) is 3.40. The topological polar surface area (TPSA) is 46.6 Å². The predicted octanol–water partition coefficient (Wildman–Crippen LogP) is 4.99. The van der Waals surface area contributed by atoms with Crippen LogP contribution in [0.25, 0.3) is 6.08 Å². The summed E-state index contributed by atoms with van der Waals surface area (Å²) in [7, 11) is 0. The van der Waals surface area contributed by atoms with Crippen LogP contribution in [0.3, 0.4) is 0 Å². The number of halogens is 2. The zero-order valence-electron chi connectivity index (χ0n) is 15.3. The molecule has 3 rings (SSSR count). The van der Waals surface area contributed by atoms with Crippen LogP contribution >= 0.6 is 23.2 Å². The highest BCUT2D eigenvalue weighted by molar-refractivity contribution is 6.42. The zero-order chi connectivity index (χ0) is 19.9. The van der Waals surface area contributed by atoms with Crippen molar-refractivity contribution in [2.75, 3.05) is 13.1 Å². The van der Waals surface area contributed by atoms with Crippen LogP contribution in [0, 0.1) is 5.92 Å². The molecule has 0 radical (unpaired) electrons. The number of carbonyl (C=O) groups is 2.